The van der Waals surface area contributed by atoms with Crippen LogP contribution in [0.2, 0.25) is 0 Å². The van der Waals surface area contributed by atoms with Crippen LogP contribution in [0.3, 0.4) is 0 Å². The zero-order chi connectivity index (χ0) is 12.4. The Morgan fingerprint density at radius 3 is 3.16 bits per heavy atom. The van der Waals surface area contributed by atoms with E-state index in [4.69, 9.17) is 4.42 Å². The van der Waals surface area contributed by atoms with Crippen LogP contribution in [0.4, 0.5) is 0 Å². The lowest BCUT2D eigenvalue weighted by molar-refractivity contribution is -0.648. The summed E-state index contributed by atoms with van der Waals surface area (Å²) in [5, 5.41) is 1.23. The molecule has 0 bridgehead atoms. The number of hydrogen-bond acceptors (Lipinski definition) is 3. The standard InChI is InChI=1S/C15H9N2OS/c1-2-4-10-9(3-1)8-17-13-11-5-6-16-7-12(11)19-15(13)18-14(10)17/h1-7H,8H2/q+1. The maximum atomic E-state index is 6.08. The lowest BCUT2D eigenvalue weighted by Crippen LogP contribution is -2.30. The molecule has 1 aliphatic heterocycles. The summed E-state index contributed by atoms with van der Waals surface area (Å²) in [6.07, 6.45) is 3.75. The third kappa shape index (κ3) is 1.12. The van der Waals surface area contributed by atoms with Crippen molar-refractivity contribution in [2.45, 2.75) is 6.54 Å². The van der Waals surface area contributed by atoms with E-state index in [1.54, 1.807) is 11.3 Å². The van der Waals surface area contributed by atoms with Crippen LogP contribution in [0.25, 0.3) is 32.0 Å². The summed E-state index contributed by atoms with van der Waals surface area (Å²) in [5.74, 6) is 0.982. The van der Waals surface area contributed by atoms with Crippen LogP contribution in [0.15, 0.2) is 47.1 Å². The molecule has 1 aliphatic rings. The van der Waals surface area contributed by atoms with Crippen LogP contribution >= 0.6 is 11.3 Å². The van der Waals surface area contributed by atoms with Crippen molar-refractivity contribution < 1.29 is 8.98 Å². The van der Waals surface area contributed by atoms with Gasteiger partial charge in [-0.05, 0) is 12.1 Å². The fourth-order valence-corrected chi connectivity index (χ4v) is 3.90. The minimum absolute atomic E-state index is 0.895. The summed E-state index contributed by atoms with van der Waals surface area (Å²) >= 11 is 1.67. The predicted octanol–water partition coefficient (Wildman–Crippen LogP) is 3.36. The van der Waals surface area contributed by atoms with Crippen LogP contribution in [-0.4, -0.2) is 4.98 Å². The molecule has 0 N–H and O–H groups in total. The summed E-state index contributed by atoms with van der Waals surface area (Å²) in [4.78, 5) is 5.17. The van der Waals surface area contributed by atoms with Crippen molar-refractivity contribution in [2.24, 2.45) is 0 Å². The van der Waals surface area contributed by atoms with E-state index in [-0.39, 0.29) is 0 Å². The molecule has 0 spiro atoms. The van der Waals surface area contributed by atoms with Gasteiger partial charge in [-0.1, -0.05) is 29.5 Å². The molecular formula is C15H9N2OS+. The first-order valence-electron chi connectivity index (χ1n) is 6.19. The fraction of sp³-hybridized carbons (Fsp3) is 0.0667. The molecule has 3 aromatic heterocycles. The first-order valence-corrected chi connectivity index (χ1v) is 7.00. The number of hydrogen-bond donors (Lipinski definition) is 0. The summed E-state index contributed by atoms with van der Waals surface area (Å²) in [6, 6.07) is 10.5. The molecule has 0 saturated heterocycles. The Morgan fingerprint density at radius 2 is 2.16 bits per heavy atom. The highest BCUT2D eigenvalue weighted by Crippen LogP contribution is 2.38. The molecule has 4 aromatic rings. The summed E-state index contributed by atoms with van der Waals surface area (Å²) in [5.41, 5.74) is 3.75. The second-order valence-corrected chi connectivity index (χ2v) is 5.78. The monoisotopic (exact) mass is 265 g/mol. The van der Waals surface area contributed by atoms with Crippen molar-refractivity contribution >= 4 is 31.8 Å². The van der Waals surface area contributed by atoms with E-state index in [0.29, 0.717) is 0 Å². The molecule has 5 rings (SSSR count). The highest BCUT2D eigenvalue weighted by atomic mass is 32.1. The number of benzene rings is 1. The SMILES string of the molecule is c1ccc2c(c1)C[n+]1c-2oc2sc3cnccc3c21. The molecule has 3 nitrogen and oxygen atoms in total. The zero-order valence-corrected chi connectivity index (χ0v) is 10.8. The molecule has 90 valence electrons. The predicted molar refractivity (Wildman–Crippen MR) is 74.1 cm³/mol. The molecule has 4 heterocycles. The number of nitrogens with zero attached hydrogens (tertiary/aromatic N) is 2. The first kappa shape index (κ1) is 9.69. The number of thiophene rings is 1. The summed E-state index contributed by atoms with van der Waals surface area (Å²) < 4.78 is 9.54. The minimum Gasteiger partial charge on any atom is -0.386 e. The van der Waals surface area contributed by atoms with Gasteiger partial charge < -0.3 is 4.42 Å². The van der Waals surface area contributed by atoms with Crippen LogP contribution in [0.1, 0.15) is 5.56 Å². The van der Waals surface area contributed by atoms with Crippen molar-refractivity contribution in [3.63, 3.8) is 0 Å². The summed E-state index contributed by atoms with van der Waals surface area (Å²) in [6.45, 7) is 0.895. The van der Waals surface area contributed by atoms with E-state index in [1.807, 2.05) is 12.4 Å². The smallest absolute Gasteiger partial charge is 0.383 e. The molecule has 0 radical (unpaired) electrons. The van der Waals surface area contributed by atoms with E-state index in [9.17, 15) is 0 Å². The Hall–Kier alpha value is -2.20. The Morgan fingerprint density at radius 1 is 1.21 bits per heavy atom. The zero-order valence-electron chi connectivity index (χ0n) is 9.96. The van der Waals surface area contributed by atoms with E-state index < -0.39 is 0 Å². The van der Waals surface area contributed by atoms with Crippen LogP contribution in [0.5, 0.6) is 0 Å². The number of fused-ring (bicyclic) bond motifs is 7. The van der Waals surface area contributed by atoms with Gasteiger partial charge in [-0.2, -0.15) is 4.57 Å². The van der Waals surface area contributed by atoms with Gasteiger partial charge in [0, 0.05) is 18.0 Å². The molecule has 4 heteroatoms. The van der Waals surface area contributed by atoms with Crippen molar-refractivity contribution in [3.8, 4) is 11.5 Å². The Bertz CT molecular complexity index is 951. The quantitative estimate of drug-likeness (QED) is 0.402. The van der Waals surface area contributed by atoms with Crippen molar-refractivity contribution in [1.82, 2.24) is 4.98 Å². The van der Waals surface area contributed by atoms with E-state index in [0.717, 1.165) is 17.3 Å². The molecule has 0 saturated carbocycles. The van der Waals surface area contributed by atoms with Crippen LogP contribution in [-0.2, 0) is 6.54 Å². The van der Waals surface area contributed by atoms with Crippen molar-refractivity contribution in [2.75, 3.05) is 0 Å². The largest absolute Gasteiger partial charge is 0.386 e. The Labute approximate surface area is 112 Å². The minimum atomic E-state index is 0.895. The van der Waals surface area contributed by atoms with Gasteiger partial charge in [0.1, 0.15) is 0 Å². The molecule has 1 aromatic carbocycles. The van der Waals surface area contributed by atoms with Gasteiger partial charge in [-0.15, -0.1) is 0 Å². The average Bonchev–Trinajstić information content (AvgIpc) is 3.05. The van der Waals surface area contributed by atoms with E-state index in [1.165, 1.54) is 26.7 Å². The second-order valence-electron chi connectivity index (χ2n) is 4.76. The summed E-state index contributed by atoms with van der Waals surface area (Å²) in [7, 11) is 0. The maximum Gasteiger partial charge on any atom is 0.383 e. The van der Waals surface area contributed by atoms with Crippen LogP contribution < -0.4 is 4.57 Å². The lowest BCUT2D eigenvalue weighted by atomic mass is 10.1. The van der Waals surface area contributed by atoms with Crippen molar-refractivity contribution in [3.05, 3.63) is 48.3 Å². The van der Waals surface area contributed by atoms with Crippen molar-refractivity contribution in [1.29, 1.82) is 0 Å². The van der Waals surface area contributed by atoms with Gasteiger partial charge in [0.05, 0.1) is 15.6 Å². The molecule has 0 fully saturated rings. The third-order valence-corrected chi connectivity index (χ3v) is 4.72. The first-order chi connectivity index (χ1) is 9.42. The maximum absolute atomic E-state index is 6.08. The van der Waals surface area contributed by atoms with Gasteiger partial charge >= 0.3 is 5.89 Å². The molecule has 0 unspecified atom stereocenters. The van der Waals surface area contributed by atoms with Gasteiger partial charge in [0.25, 0.3) is 10.4 Å². The molecule has 0 aliphatic carbocycles. The van der Waals surface area contributed by atoms with Gasteiger partial charge in [-0.3, -0.25) is 4.98 Å². The molecule has 0 atom stereocenters. The van der Waals surface area contributed by atoms with E-state index >= 15 is 0 Å². The highest BCUT2D eigenvalue weighted by molar-refractivity contribution is 7.25. The van der Waals surface area contributed by atoms with Crippen LogP contribution in [0, 0.1) is 0 Å². The number of aromatic nitrogens is 2. The molecular weight excluding hydrogens is 256 g/mol. The lowest BCUT2D eigenvalue weighted by Gasteiger charge is -1.88. The fourth-order valence-electron chi connectivity index (χ4n) is 2.87. The number of rotatable bonds is 0. The third-order valence-electron chi connectivity index (χ3n) is 3.72. The number of pyridine rings is 1. The Kier molecular flexibility index (Phi) is 1.64. The highest BCUT2D eigenvalue weighted by Gasteiger charge is 2.35. The van der Waals surface area contributed by atoms with Gasteiger partial charge in [0.15, 0.2) is 6.54 Å². The van der Waals surface area contributed by atoms with Gasteiger partial charge in [-0.25, -0.2) is 0 Å². The normalized spacial score (nSPS) is 13.1. The topological polar surface area (TPSA) is 29.9 Å². The number of oxazole rings is 1. The Balaban J connectivity index is 1.94. The molecule has 0 amide bonds. The second kappa shape index (κ2) is 3.22. The molecule has 19 heavy (non-hydrogen) atoms. The average molecular weight is 265 g/mol. The van der Waals surface area contributed by atoms with E-state index in [2.05, 4.69) is 39.9 Å². The van der Waals surface area contributed by atoms with Gasteiger partial charge in [0.2, 0.25) is 0 Å².